The van der Waals surface area contributed by atoms with Crippen LogP contribution < -0.4 is 51.1 Å². The van der Waals surface area contributed by atoms with Crippen molar-refractivity contribution in [3.8, 4) is 23.0 Å². The van der Waals surface area contributed by atoms with Gasteiger partial charge in [0.15, 0.2) is 28.8 Å². The number of aromatic nitrogens is 4. The van der Waals surface area contributed by atoms with Gasteiger partial charge in [-0.25, -0.2) is 19.3 Å². The highest BCUT2D eigenvalue weighted by molar-refractivity contribution is 6.31. The lowest BCUT2D eigenvalue weighted by Gasteiger charge is -2.42. The number of H-pyrrole nitrogens is 1. The highest BCUT2D eigenvalue weighted by Gasteiger charge is 2.44. The number of fused-ring (bicyclic) bond motifs is 2. The van der Waals surface area contributed by atoms with Gasteiger partial charge in [0.25, 0.3) is 5.56 Å². The molecule has 4 heterocycles. The Labute approximate surface area is 351 Å². The third-order valence-electron chi connectivity index (χ3n) is 11.8. The first-order valence-electron chi connectivity index (χ1n) is 20.1. The fourth-order valence-corrected chi connectivity index (χ4v) is 8.67. The van der Waals surface area contributed by atoms with E-state index in [1.165, 1.54) is 18.7 Å². The van der Waals surface area contributed by atoms with Crippen molar-refractivity contribution >= 4 is 56.7 Å². The quantitative estimate of drug-likeness (QED) is 0.123. The Morgan fingerprint density at radius 1 is 0.733 bits per heavy atom. The van der Waals surface area contributed by atoms with Crippen LogP contribution in [0.5, 0.6) is 23.0 Å². The molecule has 60 heavy (non-hydrogen) atoms. The molecular formula is C42H49ClFN9O7. The van der Waals surface area contributed by atoms with E-state index in [0.29, 0.717) is 76.6 Å². The van der Waals surface area contributed by atoms with Crippen LogP contribution in [0.3, 0.4) is 0 Å². The molecule has 318 valence electrons. The van der Waals surface area contributed by atoms with E-state index in [1.54, 1.807) is 50.6 Å². The predicted octanol–water partition coefficient (Wildman–Crippen LogP) is 4.91. The number of piperazine rings is 2. The number of anilines is 2. The molecule has 0 bridgehead atoms. The molecule has 6 N–H and O–H groups in total. The van der Waals surface area contributed by atoms with Gasteiger partial charge < -0.3 is 50.5 Å². The van der Waals surface area contributed by atoms with Crippen molar-refractivity contribution in [1.82, 2.24) is 41.2 Å². The van der Waals surface area contributed by atoms with Crippen LogP contribution >= 0.6 is 11.6 Å². The molecule has 9 rings (SSSR count). The van der Waals surface area contributed by atoms with E-state index in [2.05, 4.69) is 46.5 Å². The first-order valence-corrected chi connectivity index (χ1v) is 20.5. The molecular weight excluding hydrogens is 797 g/mol. The maximum absolute atomic E-state index is 14.5. The number of carbonyl (C=O) groups excluding carboxylic acids is 2. The van der Waals surface area contributed by atoms with E-state index < -0.39 is 16.9 Å². The monoisotopic (exact) mass is 847 g/mol. The van der Waals surface area contributed by atoms with Gasteiger partial charge in [-0.15, -0.1) is 0 Å². The van der Waals surface area contributed by atoms with E-state index in [1.807, 2.05) is 0 Å². The summed E-state index contributed by atoms with van der Waals surface area (Å²) in [4.78, 5) is 52.0. The topological polar surface area (TPSA) is 203 Å². The van der Waals surface area contributed by atoms with Crippen LogP contribution in [0.2, 0.25) is 5.02 Å². The summed E-state index contributed by atoms with van der Waals surface area (Å²) >= 11 is 5.92. The van der Waals surface area contributed by atoms with Crippen LogP contribution in [0.1, 0.15) is 52.8 Å². The minimum Gasteiger partial charge on any atom is -0.493 e. The van der Waals surface area contributed by atoms with Crippen molar-refractivity contribution in [2.75, 3.05) is 45.7 Å². The van der Waals surface area contributed by atoms with Gasteiger partial charge in [0.2, 0.25) is 11.8 Å². The summed E-state index contributed by atoms with van der Waals surface area (Å²) < 4.78 is 37.9. The molecule has 4 aliphatic rings. The molecule has 2 aromatic heterocycles. The van der Waals surface area contributed by atoms with Crippen LogP contribution in [0, 0.1) is 5.82 Å². The Hall–Kier alpha value is -5.78. The number of nitrogens with one attached hydrogen (secondary N) is 6. The summed E-state index contributed by atoms with van der Waals surface area (Å²) in [5.41, 5.74) is 0.206. The molecule has 2 spiro atoms. The minimum atomic E-state index is -0.558. The second-order valence-corrected chi connectivity index (χ2v) is 15.8. The van der Waals surface area contributed by atoms with E-state index in [0.717, 1.165) is 51.6 Å². The van der Waals surface area contributed by atoms with Crippen LogP contribution in [0.15, 0.2) is 59.9 Å². The molecule has 2 aliphatic carbocycles. The summed E-state index contributed by atoms with van der Waals surface area (Å²) in [6.45, 7) is 2.91. The van der Waals surface area contributed by atoms with Crippen LogP contribution in [-0.4, -0.2) is 95.4 Å². The number of aromatic amines is 1. The predicted molar refractivity (Wildman–Crippen MR) is 225 cm³/mol. The van der Waals surface area contributed by atoms with Crippen molar-refractivity contribution in [2.45, 2.75) is 74.7 Å². The number of methoxy groups -OCH3 is 2. The second-order valence-electron chi connectivity index (χ2n) is 15.4. The number of hydrogen-bond acceptors (Lipinski definition) is 13. The SMILES string of the molecule is COc1cc2nc[nH]c(=O)c2cc1OC1CCC2(CC1)NCCNC2=O.COc1cc2ncnc(Nc3cccc(Cl)c3F)c2cc1OC1CCC2(CC1)NCCNC2=O.[3HH]. The van der Waals surface area contributed by atoms with E-state index >= 15 is 0 Å². The zero-order valence-corrected chi connectivity index (χ0v) is 34.0. The second kappa shape index (κ2) is 17.4. The molecule has 5 aromatic rings. The van der Waals surface area contributed by atoms with Crippen molar-refractivity contribution in [1.29, 1.82) is 0 Å². The van der Waals surface area contributed by atoms with Gasteiger partial charge in [0.1, 0.15) is 12.1 Å². The van der Waals surface area contributed by atoms with Crippen LogP contribution in [0.25, 0.3) is 21.8 Å². The number of nitrogens with zero attached hydrogens (tertiary/aromatic N) is 3. The Kier molecular flexibility index (Phi) is 11.9. The van der Waals surface area contributed by atoms with Gasteiger partial charge in [-0.3, -0.25) is 14.4 Å². The Bertz CT molecular complexity index is 2460. The van der Waals surface area contributed by atoms with E-state index in [9.17, 15) is 18.8 Å². The molecule has 0 atom stereocenters. The number of amides is 2. The average Bonchev–Trinajstić information content (AvgIpc) is 3.26. The van der Waals surface area contributed by atoms with Gasteiger partial charge in [0.05, 0.1) is 71.0 Å². The number of rotatable bonds is 8. The minimum absolute atomic E-state index is 0. The molecule has 2 saturated heterocycles. The summed E-state index contributed by atoms with van der Waals surface area (Å²) in [7, 11) is 3.13. The normalized spacial score (nSPS) is 23.9. The highest BCUT2D eigenvalue weighted by atomic mass is 35.5. The average molecular weight is 848 g/mol. The number of carbonyl (C=O) groups is 2. The summed E-state index contributed by atoms with van der Waals surface area (Å²) in [5, 5.41) is 16.8. The molecule has 2 saturated carbocycles. The van der Waals surface area contributed by atoms with Gasteiger partial charge in [0, 0.05) is 45.1 Å². The molecule has 0 radical (unpaired) electrons. The fourth-order valence-electron chi connectivity index (χ4n) is 8.50. The number of ether oxygens (including phenoxy) is 4. The smallest absolute Gasteiger partial charge is 0.258 e. The number of hydrogen-bond donors (Lipinski definition) is 6. The lowest BCUT2D eigenvalue weighted by Crippen LogP contribution is -2.64. The number of benzene rings is 3. The largest absolute Gasteiger partial charge is 0.493 e. The van der Waals surface area contributed by atoms with Crippen LogP contribution in [-0.2, 0) is 9.59 Å². The molecule has 3 aromatic carbocycles. The zero-order valence-electron chi connectivity index (χ0n) is 33.3. The summed E-state index contributed by atoms with van der Waals surface area (Å²) in [5.74, 6) is 2.18. The molecule has 2 aliphatic heterocycles. The third kappa shape index (κ3) is 8.33. The Morgan fingerprint density at radius 2 is 1.28 bits per heavy atom. The maximum atomic E-state index is 14.5. The van der Waals surface area contributed by atoms with E-state index in [4.69, 9.17) is 30.5 Å². The number of halogens is 2. The van der Waals surface area contributed by atoms with Gasteiger partial charge in [-0.05, 0) is 75.6 Å². The first-order chi connectivity index (χ1) is 29.1. The Morgan fingerprint density at radius 3 is 1.83 bits per heavy atom. The Balaban J connectivity index is 0.000000187. The van der Waals surface area contributed by atoms with Gasteiger partial charge in [-0.1, -0.05) is 17.7 Å². The lowest BCUT2D eigenvalue weighted by atomic mass is 9.78. The van der Waals surface area contributed by atoms with Crippen molar-refractivity contribution in [3.05, 3.63) is 76.3 Å². The molecule has 16 nitrogen and oxygen atoms in total. The standard InChI is InChI=1S/C24H25ClFN5O3.C18H22N4O4.H2/c1-33-19-12-18-15(22(29-13-28-18)31-17-4-2-3-16(25)21(17)26)11-20(19)34-14-5-7-24(8-6-14)23(32)27-9-10-30-24;1-25-14-9-13-12(16(23)21-10-20-13)8-15(14)26-11-2-4-18(5-3-11)17(24)19-6-7-22-18;/h2-4,11-14,30H,5-10H2,1H3,(H,27,32)(H,28,29,31);8-11,22H,2-7H2,1H3,(H,19,24)(H,20,21,23);1H/i;;1+2. The summed E-state index contributed by atoms with van der Waals surface area (Å²) in [6, 6.07) is 11.7. The third-order valence-corrected chi connectivity index (χ3v) is 12.1. The fraction of sp³-hybridized carbons (Fsp3) is 0.429. The zero-order chi connectivity index (χ0) is 41.9. The van der Waals surface area contributed by atoms with Crippen molar-refractivity contribution in [2.24, 2.45) is 0 Å². The first kappa shape index (κ1) is 41.0. The highest BCUT2D eigenvalue weighted by Crippen LogP contribution is 2.40. The van der Waals surface area contributed by atoms with Crippen LogP contribution in [0.4, 0.5) is 15.9 Å². The van der Waals surface area contributed by atoms with Gasteiger partial charge >= 0.3 is 0 Å². The molecule has 4 fully saturated rings. The maximum Gasteiger partial charge on any atom is 0.258 e. The molecule has 0 unspecified atom stereocenters. The van der Waals surface area contributed by atoms with E-state index in [-0.39, 0.29) is 41.7 Å². The summed E-state index contributed by atoms with van der Waals surface area (Å²) in [6.07, 6.45) is 8.48. The molecule has 18 heteroatoms. The van der Waals surface area contributed by atoms with Crippen molar-refractivity contribution in [3.63, 3.8) is 0 Å². The molecule has 2 amide bonds. The van der Waals surface area contributed by atoms with Crippen molar-refractivity contribution < 1.29 is 34.4 Å². The van der Waals surface area contributed by atoms with Gasteiger partial charge in [-0.2, -0.15) is 0 Å². The lowest BCUT2D eigenvalue weighted by molar-refractivity contribution is -0.132.